The summed E-state index contributed by atoms with van der Waals surface area (Å²) in [6.45, 7) is 4.79. The molecule has 0 bridgehead atoms. The number of piperidine rings is 1. The Labute approximate surface area is 179 Å². The molecule has 158 valence electrons. The van der Waals surface area contributed by atoms with Crippen molar-refractivity contribution in [1.82, 2.24) is 9.62 Å². The van der Waals surface area contributed by atoms with E-state index >= 15 is 0 Å². The summed E-state index contributed by atoms with van der Waals surface area (Å²) < 4.78 is 27.8. The van der Waals surface area contributed by atoms with E-state index in [1.807, 2.05) is 12.1 Å². The van der Waals surface area contributed by atoms with E-state index in [0.717, 1.165) is 32.1 Å². The molecule has 2 saturated heterocycles. The predicted octanol–water partition coefficient (Wildman–Crippen LogP) is 2.94. The standard InChI is InChI=1S/C24H29N3O2S/c28-30(29,23-9-3-19(4-10-23)18-1-2-18)27-13-11-26(12-14-27)22-7-5-20(6-8-22)24-15-21(24)16-25-17-24/h3-10,18,21,25H,1-2,11-17H2. The summed E-state index contributed by atoms with van der Waals surface area (Å²) in [5, 5.41) is 3.51. The van der Waals surface area contributed by atoms with Crippen LogP contribution in [0.5, 0.6) is 0 Å². The first kappa shape index (κ1) is 18.8. The second kappa shape index (κ2) is 6.81. The smallest absolute Gasteiger partial charge is 0.243 e. The number of hydrogen-bond donors (Lipinski definition) is 1. The van der Waals surface area contributed by atoms with Gasteiger partial charge in [0.1, 0.15) is 0 Å². The molecule has 2 aliphatic carbocycles. The zero-order valence-electron chi connectivity index (χ0n) is 17.3. The highest BCUT2D eigenvalue weighted by atomic mass is 32.2. The van der Waals surface area contributed by atoms with Crippen LogP contribution < -0.4 is 10.2 Å². The molecule has 30 heavy (non-hydrogen) atoms. The fraction of sp³-hybridized carbons (Fsp3) is 0.500. The van der Waals surface area contributed by atoms with Gasteiger partial charge in [0.25, 0.3) is 0 Å². The fourth-order valence-corrected chi connectivity index (χ4v) is 6.88. The Morgan fingerprint density at radius 2 is 1.60 bits per heavy atom. The molecule has 2 atom stereocenters. The Morgan fingerprint density at radius 1 is 0.900 bits per heavy atom. The topological polar surface area (TPSA) is 52.7 Å². The van der Waals surface area contributed by atoms with Gasteiger partial charge in [-0.3, -0.25) is 0 Å². The molecule has 0 spiro atoms. The van der Waals surface area contributed by atoms with Crippen molar-refractivity contribution < 1.29 is 8.42 Å². The van der Waals surface area contributed by atoms with E-state index in [4.69, 9.17) is 0 Å². The SMILES string of the molecule is O=S(=O)(c1ccc(C2CC2)cc1)N1CCN(c2ccc(C34CNCC3C4)cc2)CC1. The molecular weight excluding hydrogens is 394 g/mol. The number of benzene rings is 2. The van der Waals surface area contributed by atoms with E-state index in [9.17, 15) is 8.42 Å². The maximum absolute atomic E-state index is 13.1. The number of piperazine rings is 1. The number of hydrogen-bond acceptors (Lipinski definition) is 4. The minimum absolute atomic E-state index is 0.389. The number of anilines is 1. The molecule has 4 fully saturated rings. The van der Waals surface area contributed by atoms with Crippen LogP contribution in [-0.4, -0.2) is 52.0 Å². The molecule has 2 aromatic rings. The molecule has 0 aromatic heterocycles. The van der Waals surface area contributed by atoms with Crippen LogP contribution in [-0.2, 0) is 15.4 Å². The minimum Gasteiger partial charge on any atom is -0.369 e. The highest BCUT2D eigenvalue weighted by Crippen LogP contribution is 2.56. The molecule has 2 aliphatic heterocycles. The average Bonchev–Trinajstić information content (AvgIpc) is 3.72. The molecule has 6 heteroatoms. The van der Waals surface area contributed by atoms with Gasteiger partial charge in [0, 0.05) is 43.8 Å². The van der Waals surface area contributed by atoms with Gasteiger partial charge in [-0.15, -0.1) is 0 Å². The van der Waals surface area contributed by atoms with Gasteiger partial charge in [-0.1, -0.05) is 24.3 Å². The Bertz CT molecular complexity index is 1040. The maximum Gasteiger partial charge on any atom is 0.243 e. The van der Waals surface area contributed by atoms with Gasteiger partial charge in [0.15, 0.2) is 0 Å². The summed E-state index contributed by atoms with van der Waals surface area (Å²) in [4.78, 5) is 2.73. The van der Waals surface area contributed by atoms with Crippen LogP contribution >= 0.6 is 0 Å². The highest BCUT2D eigenvalue weighted by molar-refractivity contribution is 7.89. The van der Waals surface area contributed by atoms with Gasteiger partial charge < -0.3 is 10.2 Å². The highest BCUT2D eigenvalue weighted by Gasteiger charge is 2.57. The van der Waals surface area contributed by atoms with Crippen LogP contribution in [0.25, 0.3) is 0 Å². The van der Waals surface area contributed by atoms with Gasteiger partial charge >= 0.3 is 0 Å². The first-order valence-corrected chi connectivity index (χ1v) is 12.7. The van der Waals surface area contributed by atoms with Gasteiger partial charge in [-0.25, -0.2) is 8.42 Å². The molecule has 0 amide bonds. The summed E-state index contributed by atoms with van der Waals surface area (Å²) in [6, 6.07) is 16.6. The molecule has 0 radical (unpaired) electrons. The quantitative estimate of drug-likeness (QED) is 0.804. The lowest BCUT2D eigenvalue weighted by Crippen LogP contribution is -2.48. The van der Waals surface area contributed by atoms with Crippen molar-refractivity contribution in [3.8, 4) is 0 Å². The molecule has 2 unspecified atom stereocenters. The summed E-state index contributed by atoms with van der Waals surface area (Å²) in [6.07, 6.45) is 3.78. The van der Waals surface area contributed by atoms with Crippen LogP contribution in [0.15, 0.2) is 53.4 Å². The lowest BCUT2D eigenvalue weighted by atomic mass is 9.95. The summed E-state index contributed by atoms with van der Waals surface area (Å²) in [7, 11) is -3.41. The molecule has 5 nitrogen and oxygen atoms in total. The normalized spacial score (nSPS) is 29.1. The molecule has 6 rings (SSSR count). The van der Waals surface area contributed by atoms with Crippen molar-refractivity contribution in [2.45, 2.75) is 35.5 Å². The van der Waals surface area contributed by atoms with E-state index in [-0.39, 0.29) is 0 Å². The first-order valence-electron chi connectivity index (χ1n) is 11.2. The third-order valence-electron chi connectivity index (χ3n) is 7.68. The zero-order chi connectivity index (χ0) is 20.3. The number of nitrogens with one attached hydrogen (secondary N) is 1. The molecule has 4 aliphatic rings. The predicted molar refractivity (Wildman–Crippen MR) is 118 cm³/mol. The van der Waals surface area contributed by atoms with Crippen molar-refractivity contribution in [3.05, 3.63) is 59.7 Å². The molecule has 2 aromatic carbocycles. The molecule has 2 saturated carbocycles. The van der Waals surface area contributed by atoms with Crippen LogP contribution in [0.1, 0.15) is 36.3 Å². The van der Waals surface area contributed by atoms with Crippen molar-refractivity contribution in [2.24, 2.45) is 5.92 Å². The summed E-state index contributed by atoms with van der Waals surface area (Å²) in [5.74, 6) is 1.46. The second-order valence-corrected chi connectivity index (χ2v) is 11.4. The van der Waals surface area contributed by atoms with Gasteiger partial charge in [0.2, 0.25) is 10.0 Å². The molecular formula is C24H29N3O2S. The Hall–Kier alpha value is -1.89. The number of nitrogens with zero attached hydrogens (tertiary/aromatic N) is 2. The van der Waals surface area contributed by atoms with Crippen LogP contribution in [0.2, 0.25) is 0 Å². The third kappa shape index (κ3) is 3.08. The largest absolute Gasteiger partial charge is 0.369 e. The van der Waals surface area contributed by atoms with Crippen molar-refractivity contribution in [2.75, 3.05) is 44.2 Å². The zero-order valence-corrected chi connectivity index (χ0v) is 18.1. The van der Waals surface area contributed by atoms with E-state index in [2.05, 4.69) is 34.5 Å². The van der Waals surface area contributed by atoms with E-state index < -0.39 is 10.0 Å². The van der Waals surface area contributed by atoms with Crippen LogP contribution in [0, 0.1) is 5.92 Å². The summed E-state index contributed by atoms with van der Waals surface area (Å²) >= 11 is 0. The number of fused-ring (bicyclic) bond motifs is 1. The van der Waals surface area contributed by atoms with Crippen LogP contribution in [0.4, 0.5) is 5.69 Å². The van der Waals surface area contributed by atoms with E-state index in [1.54, 1.807) is 16.4 Å². The Kier molecular flexibility index (Phi) is 4.28. The van der Waals surface area contributed by atoms with Crippen LogP contribution in [0.3, 0.4) is 0 Å². The number of rotatable bonds is 5. The minimum atomic E-state index is -3.41. The van der Waals surface area contributed by atoms with Crippen molar-refractivity contribution in [1.29, 1.82) is 0 Å². The van der Waals surface area contributed by atoms with E-state index in [0.29, 0.717) is 29.3 Å². The van der Waals surface area contributed by atoms with Gasteiger partial charge in [0.05, 0.1) is 4.90 Å². The number of sulfonamides is 1. The summed E-state index contributed by atoms with van der Waals surface area (Å²) in [5.41, 5.74) is 4.31. The lowest BCUT2D eigenvalue weighted by molar-refractivity contribution is 0.385. The van der Waals surface area contributed by atoms with Gasteiger partial charge in [-0.05, 0) is 73.0 Å². The Balaban J connectivity index is 1.11. The first-order chi connectivity index (χ1) is 14.6. The lowest BCUT2D eigenvalue weighted by Gasteiger charge is -2.35. The third-order valence-corrected chi connectivity index (χ3v) is 9.59. The molecule has 1 N–H and O–H groups in total. The second-order valence-electron chi connectivity index (χ2n) is 9.47. The van der Waals surface area contributed by atoms with Crippen molar-refractivity contribution >= 4 is 15.7 Å². The Morgan fingerprint density at radius 3 is 2.17 bits per heavy atom. The maximum atomic E-state index is 13.1. The average molecular weight is 424 g/mol. The molecule has 2 heterocycles. The fourth-order valence-electron chi connectivity index (χ4n) is 5.46. The van der Waals surface area contributed by atoms with E-state index in [1.165, 1.54) is 36.1 Å². The monoisotopic (exact) mass is 423 g/mol. The van der Waals surface area contributed by atoms with Crippen molar-refractivity contribution in [3.63, 3.8) is 0 Å². The van der Waals surface area contributed by atoms with Gasteiger partial charge in [-0.2, -0.15) is 4.31 Å².